The fourth-order valence-corrected chi connectivity index (χ4v) is 8.50. The molecule has 0 aliphatic carbocycles. The molecule has 0 aliphatic heterocycles. The molecule has 0 unspecified atom stereocenters. The summed E-state index contributed by atoms with van der Waals surface area (Å²) in [5, 5.41) is 0. The van der Waals surface area contributed by atoms with E-state index >= 15 is 0 Å². The lowest BCUT2D eigenvalue weighted by molar-refractivity contribution is -0.167. The number of carbonyl (C=O) groups is 3. The molecule has 0 saturated carbocycles. The summed E-state index contributed by atoms with van der Waals surface area (Å²) in [7, 11) is 0. The zero-order valence-electron chi connectivity index (χ0n) is 42.6. The standard InChI is InChI=1S/C57H108O6/c1-4-7-10-13-16-19-22-25-28-30-32-35-38-41-44-47-50-56(59)62-53-54(52-61-55(58)49-46-43-40-37-34-31-27-24-21-18-15-12-9-6-3)63-57(60)51-48-45-42-39-36-33-29-26-23-20-17-14-11-8-5-2/h20,23,54H,4-19,21-22,24-53H2,1-3H3/b23-20+/t54-/m1/s1. The predicted octanol–water partition coefficient (Wildman–Crippen LogP) is 18.5. The van der Waals surface area contributed by atoms with Gasteiger partial charge in [0.05, 0.1) is 0 Å². The highest BCUT2D eigenvalue weighted by Crippen LogP contribution is 2.17. The Morgan fingerprint density at radius 1 is 0.302 bits per heavy atom. The van der Waals surface area contributed by atoms with Crippen LogP contribution in [0.15, 0.2) is 12.2 Å². The van der Waals surface area contributed by atoms with Gasteiger partial charge in [-0.25, -0.2) is 0 Å². The van der Waals surface area contributed by atoms with Gasteiger partial charge in [0.2, 0.25) is 0 Å². The van der Waals surface area contributed by atoms with Gasteiger partial charge in [0.25, 0.3) is 0 Å². The van der Waals surface area contributed by atoms with Crippen LogP contribution in [-0.4, -0.2) is 37.2 Å². The average molecular weight is 889 g/mol. The zero-order valence-corrected chi connectivity index (χ0v) is 42.6. The van der Waals surface area contributed by atoms with Crippen molar-refractivity contribution in [2.75, 3.05) is 13.2 Å². The molecule has 1 atom stereocenters. The molecule has 0 N–H and O–H groups in total. The van der Waals surface area contributed by atoms with Crippen LogP contribution in [0.1, 0.15) is 316 Å². The number of rotatable bonds is 52. The predicted molar refractivity (Wildman–Crippen MR) is 270 cm³/mol. The summed E-state index contributed by atoms with van der Waals surface area (Å²) in [6, 6.07) is 0. The molecule has 6 heteroatoms. The maximum atomic E-state index is 12.8. The first-order valence-corrected chi connectivity index (χ1v) is 28.2. The molecule has 0 rings (SSSR count). The van der Waals surface area contributed by atoms with E-state index < -0.39 is 6.10 Å². The second-order valence-electron chi connectivity index (χ2n) is 19.2. The molecule has 0 aromatic rings. The van der Waals surface area contributed by atoms with Crippen LogP contribution in [0, 0.1) is 0 Å². The molecular formula is C57H108O6. The molecule has 0 amide bonds. The molecule has 6 nitrogen and oxygen atoms in total. The van der Waals surface area contributed by atoms with Gasteiger partial charge in [-0.3, -0.25) is 14.4 Å². The third-order valence-electron chi connectivity index (χ3n) is 12.8. The summed E-state index contributed by atoms with van der Waals surface area (Å²) in [6.07, 6.45) is 59.1. The molecular weight excluding hydrogens is 781 g/mol. The molecule has 0 heterocycles. The van der Waals surface area contributed by atoms with Crippen molar-refractivity contribution < 1.29 is 28.6 Å². The van der Waals surface area contributed by atoms with Gasteiger partial charge in [-0.1, -0.05) is 264 Å². The third-order valence-corrected chi connectivity index (χ3v) is 12.8. The number of hydrogen-bond acceptors (Lipinski definition) is 6. The van der Waals surface area contributed by atoms with E-state index in [1.165, 1.54) is 218 Å². The van der Waals surface area contributed by atoms with Crippen molar-refractivity contribution in [3.63, 3.8) is 0 Å². The van der Waals surface area contributed by atoms with E-state index in [-0.39, 0.29) is 31.1 Å². The van der Waals surface area contributed by atoms with Crippen LogP contribution >= 0.6 is 0 Å². The van der Waals surface area contributed by atoms with Crippen molar-refractivity contribution >= 4 is 17.9 Å². The molecule has 0 spiro atoms. The normalized spacial score (nSPS) is 12.0. The van der Waals surface area contributed by atoms with Crippen LogP contribution in [0.5, 0.6) is 0 Å². The van der Waals surface area contributed by atoms with E-state index in [9.17, 15) is 14.4 Å². The fraction of sp³-hybridized carbons (Fsp3) is 0.912. The summed E-state index contributed by atoms with van der Waals surface area (Å²) < 4.78 is 16.9. The first kappa shape index (κ1) is 61.1. The number of carbonyl (C=O) groups excluding carboxylic acids is 3. The van der Waals surface area contributed by atoms with Crippen molar-refractivity contribution in [2.45, 2.75) is 322 Å². The second-order valence-corrected chi connectivity index (χ2v) is 19.2. The van der Waals surface area contributed by atoms with E-state index in [4.69, 9.17) is 14.2 Å². The van der Waals surface area contributed by atoms with E-state index in [1.807, 2.05) is 0 Å². The van der Waals surface area contributed by atoms with E-state index in [2.05, 4.69) is 32.9 Å². The molecule has 0 bridgehead atoms. The summed E-state index contributed by atoms with van der Waals surface area (Å²) in [5.74, 6) is -0.847. The van der Waals surface area contributed by atoms with Gasteiger partial charge in [0.1, 0.15) is 13.2 Å². The van der Waals surface area contributed by atoms with Crippen LogP contribution in [-0.2, 0) is 28.6 Å². The smallest absolute Gasteiger partial charge is 0.306 e. The lowest BCUT2D eigenvalue weighted by atomic mass is 10.0. The van der Waals surface area contributed by atoms with Crippen LogP contribution in [0.2, 0.25) is 0 Å². The van der Waals surface area contributed by atoms with Gasteiger partial charge >= 0.3 is 17.9 Å². The Balaban J connectivity index is 4.32. The molecule has 0 aromatic carbocycles. The van der Waals surface area contributed by atoms with Gasteiger partial charge in [0.15, 0.2) is 6.10 Å². The van der Waals surface area contributed by atoms with E-state index in [0.29, 0.717) is 19.3 Å². The molecule has 0 radical (unpaired) electrons. The number of hydrogen-bond donors (Lipinski definition) is 0. The zero-order chi connectivity index (χ0) is 45.8. The van der Waals surface area contributed by atoms with Crippen molar-refractivity contribution in [2.24, 2.45) is 0 Å². The Bertz CT molecular complexity index is 978. The minimum atomic E-state index is -0.766. The average Bonchev–Trinajstić information content (AvgIpc) is 3.28. The maximum absolute atomic E-state index is 12.8. The quantitative estimate of drug-likeness (QED) is 0.0262. The fourth-order valence-electron chi connectivity index (χ4n) is 8.50. The first-order valence-electron chi connectivity index (χ1n) is 28.2. The molecule has 0 aromatic heterocycles. The Morgan fingerprint density at radius 2 is 0.524 bits per heavy atom. The second kappa shape index (κ2) is 52.8. The number of esters is 3. The SMILES string of the molecule is CCCCCC/C=C/CCCCCCCCCC(=O)O[C@H](COC(=O)CCCCCCCCCCCCCCCC)COC(=O)CCCCCCCCCCCCCCCCCC. The highest BCUT2D eigenvalue weighted by molar-refractivity contribution is 5.71. The molecule has 0 fully saturated rings. The van der Waals surface area contributed by atoms with Gasteiger partial charge < -0.3 is 14.2 Å². The molecule has 63 heavy (non-hydrogen) atoms. The first-order chi connectivity index (χ1) is 31.0. The van der Waals surface area contributed by atoms with Crippen LogP contribution < -0.4 is 0 Å². The van der Waals surface area contributed by atoms with Crippen molar-refractivity contribution in [1.29, 1.82) is 0 Å². The van der Waals surface area contributed by atoms with Gasteiger partial charge in [-0.2, -0.15) is 0 Å². The van der Waals surface area contributed by atoms with Crippen molar-refractivity contribution in [3.8, 4) is 0 Å². The molecule has 0 saturated heterocycles. The van der Waals surface area contributed by atoms with Gasteiger partial charge in [0, 0.05) is 19.3 Å². The minimum Gasteiger partial charge on any atom is -0.462 e. The highest BCUT2D eigenvalue weighted by Gasteiger charge is 2.19. The summed E-state index contributed by atoms with van der Waals surface area (Å²) >= 11 is 0. The van der Waals surface area contributed by atoms with E-state index in [0.717, 1.165) is 57.8 Å². The van der Waals surface area contributed by atoms with Gasteiger partial charge in [-0.15, -0.1) is 0 Å². The minimum absolute atomic E-state index is 0.0659. The Morgan fingerprint density at radius 3 is 0.810 bits per heavy atom. The highest BCUT2D eigenvalue weighted by atomic mass is 16.6. The van der Waals surface area contributed by atoms with Crippen molar-refractivity contribution in [3.05, 3.63) is 12.2 Å². The molecule has 372 valence electrons. The van der Waals surface area contributed by atoms with Crippen LogP contribution in [0.4, 0.5) is 0 Å². The number of unbranched alkanes of at least 4 members (excludes halogenated alkanes) is 39. The van der Waals surface area contributed by atoms with Gasteiger partial charge in [-0.05, 0) is 44.9 Å². The summed E-state index contributed by atoms with van der Waals surface area (Å²) in [5.41, 5.74) is 0. The van der Waals surface area contributed by atoms with Crippen molar-refractivity contribution in [1.82, 2.24) is 0 Å². The Labute approximate surface area is 392 Å². The third kappa shape index (κ3) is 51.0. The maximum Gasteiger partial charge on any atom is 0.306 e. The lowest BCUT2D eigenvalue weighted by Crippen LogP contribution is -2.30. The van der Waals surface area contributed by atoms with Crippen LogP contribution in [0.25, 0.3) is 0 Å². The number of ether oxygens (including phenoxy) is 3. The molecule has 0 aliphatic rings. The summed E-state index contributed by atoms with van der Waals surface area (Å²) in [4.78, 5) is 38.1. The largest absolute Gasteiger partial charge is 0.462 e. The monoisotopic (exact) mass is 889 g/mol. The van der Waals surface area contributed by atoms with E-state index in [1.54, 1.807) is 0 Å². The lowest BCUT2D eigenvalue weighted by Gasteiger charge is -2.18. The Kier molecular flexibility index (Phi) is 51.2. The number of allylic oxidation sites excluding steroid dienone is 2. The Hall–Kier alpha value is -1.85. The van der Waals surface area contributed by atoms with Crippen LogP contribution in [0.3, 0.4) is 0 Å². The summed E-state index contributed by atoms with van der Waals surface area (Å²) in [6.45, 7) is 6.68. The topological polar surface area (TPSA) is 78.9 Å².